The summed E-state index contributed by atoms with van der Waals surface area (Å²) >= 11 is 0. The Kier molecular flexibility index (Phi) is 4.68. The molecule has 1 aromatic carbocycles. The van der Waals surface area contributed by atoms with E-state index in [0.717, 1.165) is 29.1 Å². The number of furan rings is 1. The fraction of sp³-hybridized carbons (Fsp3) is 0.300. The van der Waals surface area contributed by atoms with Crippen molar-refractivity contribution in [2.45, 2.75) is 19.5 Å². The number of benzene rings is 1. The van der Waals surface area contributed by atoms with Crippen LogP contribution in [0.5, 0.6) is 11.5 Å². The maximum Gasteiger partial charge on any atom is 0.254 e. The monoisotopic (exact) mass is 367 g/mol. The molecular weight excluding hydrogens is 346 g/mol. The highest BCUT2D eigenvalue weighted by molar-refractivity contribution is 5.48. The number of para-hydroxylation sites is 1. The number of methoxy groups -OCH3 is 2. The SMILES string of the molecule is COc1cccc(CN2CCc3c(nc(-c4ccco4)[nH]c3=O)C2)c1OC. The van der Waals surface area contributed by atoms with Crippen LogP contribution in [0.15, 0.2) is 45.8 Å². The molecule has 0 spiro atoms. The summed E-state index contributed by atoms with van der Waals surface area (Å²) in [6.07, 6.45) is 2.22. The minimum absolute atomic E-state index is 0.0926. The molecule has 0 bridgehead atoms. The van der Waals surface area contributed by atoms with E-state index in [2.05, 4.69) is 14.9 Å². The number of rotatable bonds is 5. The van der Waals surface area contributed by atoms with Gasteiger partial charge in [0.1, 0.15) is 0 Å². The molecule has 1 aliphatic heterocycles. The van der Waals surface area contributed by atoms with Gasteiger partial charge in [0.15, 0.2) is 23.1 Å². The molecule has 1 N–H and O–H groups in total. The number of aromatic amines is 1. The Bertz CT molecular complexity index is 995. The van der Waals surface area contributed by atoms with Crippen molar-refractivity contribution in [2.75, 3.05) is 20.8 Å². The fourth-order valence-electron chi connectivity index (χ4n) is 3.48. The number of ether oxygens (including phenoxy) is 2. The van der Waals surface area contributed by atoms with Crippen LogP contribution in [0.1, 0.15) is 16.8 Å². The lowest BCUT2D eigenvalue weighted by Gasteiger charge is -2.28. The average Bonchev–Trinajstić information content (AvgIpc) is 3.22. The van der Waals surface area contributed by atoms with Crippen LogP contribution < -0.4 is 15.0 Å². The van der Waals surface area contributed by atoms with Gasteiger partial charge in [0, 0.05) is 30.8 Å². The molecule has 0 unspecified atom stereocenters. The number of nitrogens with zero attached hydrogens (tertiary/aromatic N) is 2. The van der Waals surface area contributed by atoms with Gasteiger partial charge in [0.2, 0.25) is 0 Å². The van der Waals surface area contributed by atoms with Gasteiger partial charge in [-0.1, -0.05) is 12.1 Å². The normalized spacial score (nSPS) is 14.0. The Hall–Kier alpha value is -3.06. The topological polar surface area (TPSA) is 80.6 Å². The molecule has 2 aromatic heterocycles. The van der Waals surface area contributed by atoms with Crippen molar-refractivity contribution in [3.63, 3.8) is 0 Å². The molecule has 7 nitrogen and oxygen atoms in total. The van der Waals surface area contributed by atoms with Crippen molar-refractivity contribution in [1.29, 1.82) is 0 Å². The van der Waals surface area contributed by atoms with Crippen molar-refractivity contribution < 1.29 is 13.9 Å². The molecule has 27 heavy (non-hydrogen) atoms. The lowest BCUT2D eigenvalue weighted by molar-refractivity contribution is 0.235. The highest BCUT2D eigenvalue weighted by Crippen LogP contribution is 2.32. The number of hydrogen-bond donors (Lipinski definition) is 1. The summed E-state index contributed by atoms with van der Waals surface area (Å²) in [4.78, 5) is 22.1. The van der Waals surface area contributed by atoms with E-state index < -0.39 is 0 Å². The number of nitrogens with one attached hydrogen (secondary N) is 1. The van der Waals surface area contributed by atoms with Gasteiger partial charge in [0.25, 0.3) is 5.56 Å². The maximum atomic E-state index is 12.4. The van der Waals surface area contributed by atoms with Crippen LogP contribution in [0.25, 0.3) is 11.6 Å². The van der Waals surface area contributed by atoms with E-state index in [-0.39, 0.29) is 5.56 Å². The predicted octanol–water partition coefficient (Wildman–Crippen LogP) is 2.61. The van der Waals surface area contributed by atoms with Crippen molar-refractivity contribution >= 4 is 0 Å². The first-order valence-corrected chi connectivity index (χ1v) is 8.77. The Morgan fingerprint density at radius 2 is 2.11 bits per heavy atom. The van der Waals surface area contributed by atoms with Crippen molar-refractivity contribution in [3.05, 3.63) is 63.8 Å². The molecule has 0 saturated carbocycles. The summed E-state index contributed by atoms with van der Waals surface area (Å²) in [6.45, 7) is 2.05. The molecule has 0 fully saturated rings. The molecule has 0 atom stereocenters. The first-order chi connectivity index (χ1) is 13.2. The van der Waals surface area contributed by atoms with Gasteiger partial charge in [-0.05, 0) is 24.6 Å². The minimum atomic E-state index is -0.0926. The number of hydrogen-bond acceptors (Lipinski definition) is 6. The highest BCUT2D eigenvalue weighted by atomic mass is 16.5. The summed E-state index contributed by atoms with van der Waals surface area (Å²) in [7, 11) is 3.27. The van der Waals surface area contributed by atoms with Gasteiger partial charge in [-0.15, -0.1) is 0 Å². The van der Waals surface area contributed by atoms with E-state index >= 15 is 0 Å². The fourth-order valence-corrected chi connectivity index (χ4v) is 3.48. The quantitative estimate of drug-likeness (QED) is 0.747. The van der Waals surface area contributed by atoms with Crippen molar-refractivity contribution in [1.82, 2.24) is 14.9 Å². The summed E-state index contributed by atoms with van der Waals surface area (Å²) in [5, 5.41) is 0. The summed E-state index contributed by atoms with van der Waals surface area (Å²) in [5.41, 5.74) is 2.49. The molecule has 0 saturated heterocycles. The lowest BCUT2D eigenvalue weighted by atomic mass is 10.0. The van der Waals surface area contributed by atoms with Gasteiger partial charge in [-0.25, -0.2) is 4.98 Å². The zero-order valence-corrected chi connectivity index (χ0v) is 15.3. The zero-order valence-electron chi connectivity index (χ0n) is 15.3. The molecule has 1 aliphatic rings. The Balaban J connectivity index is 1.61. The van der Waals surface area contributed by atoms with Crippen LogP contribution in [0.3, 0.4) is 0 Å². The Morgan fingerprint density at radius 3 is 2.85 bits per heavy atom. The van der Waals surface area contributed by atoms with Crippen LogP contribution in [0, 0.1) is 0 Å². The maximum absolute atomic E-state index is 12.4. The standard InChI is InChI=1S/C20H21N3O4/c1-25-16-6-3-5-13(18(16)26-2)11-23-9-8-14-15(12-23)21-19(22-20(14)24)17-7-4-10-27-17/h3-7,10H,8-9,11-12H2,1-2H3,(H,21,22,24). The second kappa shape index (κ2) is 7.28. The molecule has 7 heteroatoms. The van der Waals surface area contributed by atoms with E-state index in [4.69, 9.17) is 13.9 Å². The lowest BCUT2D eigenvalue weighted by Crippen LogP contribution is -2.35. The molecule has 0 amide bonds. The molecule has 4 rings (SSSR count). The minimum Gasteiger partial charge on any atom is -0.493 e. The molecular formula is C20H21N3O4. The van der Waals surface area contributed by atoms with E-state index in [9.17, 15) is 4.79 Å². The van der Waals surface area contributed by atoms with E-state index in [1.54, 1.807) is 32.6 Å². The Morgan fingerprint density at radius 1 is 1.22 bits per heavy atom. The van der Waals surface area contributed by atoms with Gasteiger partial charge in [0.05, 0.1) is 26.2 Å². The number of aromatic nitrogens is 2. The molecule has 0 aliphatic carbocycles. The smallest absolute Gasteiger partial charge is 0.254 e. The molecule has 0 radical (unpaired) electrons. The molecule has 3 aromatic rings. The van der Waals surface area contributed by atoms with Gasteiger partial charge in [-0.3, -0.25) is 9.69 Å². The van der Waals surface area contributed by atoms with Crippen molar-refractivity contribution in [3.8, 4) is 23.1 Å². The second-order valence-electron chi connectivity index (χ2n) is 6.43. The molecule has 3 heterocycles. The van der Waals surface area contributed by atoms with Crippen LogP contribution in [0.4, 0.5) is 0 Å². The van der Waals surface area contributed by atoms with Crippen LogP contribution >= 0.6 is 0 Å². The van der Waals surface area contributed by atoms with E-state index in [0.29, 0.717) is 36.8 Å². The van der Waals surface area contributed by atoms with E-state index in [1.165, 1.54) is 0 Å². The third kappa shape index (κ3) is 3.33. The van der Waals surface area contributed by atoms with Gasteiger partial charge in [-0.2, -0.15) is 0 Å². The van der Waals surface area contributed by atoms with E-state index in [1.807, 2.05) is 18.2 Å². The van der Waals surface area contributed by atoms with Crippen molar-refractivity contribution in [2.24, 2.45) is 0 Å². The first kappa shape index (κ1) is 17.4. The number of H-pyrrole nitrogens is 1. The number of fused-ring (bicyclic) bond motifs is 1. The van der Waals surface area contributed by atoms with Gasteiger partial charge < -0.3 is 18.9 Å². The van der Waals surface area contributed by atoms with Crippen LogP contribution in [0.2, 0.25) is 0 Å². The first-order valence-electron chi connectivity index (χ1n) is 8.77. The summed E-state index contributed by atoms with van der Waals surface area (Å²) in [6, 6.07) is 9.41. The molecule has 140 valence electrons. The Labute approximate surface area is 156 Å². The third-order valence-corrected chi connectivity index (χ3v) is 4.79. The highest BCUT2D eigenvalue weighted by Gasteiger charge is 2.23. The summed E-state index contributed by atoms with van der Waals surface area (Å²) in [5.74, 6) is 2.47. The summed E-state index contributed by atoms with van der Waals surface area (Å²) < 4.78 is 16.3. The van der Waals surface area contributed by atoms with Gasteiger partial charge >= 0.3 is 0 Å². The predicted molar refractivity (Wildman–Crippen MR) is 99.9 cm³/mol. The largest absolute Gasteiger partial charge is 0.493 e. The van der Waals surface area contributed by atoms with Crippen LogP contribution in [-0.4, -0.2) is 35.6 Å². The average molecular weight is 367 g/mol. The second-order valence-corrected chi connectivity index (χ2v) is 6.43. The third-order valence-electron chi connectivity index (χ3n) is 4.79. The zero-order chi connectivity index (χ0) is 18.8. The van der Waals surface area contributed by atoms with Crippen LogP contribution in [-0.2, 0) is 19.5 Å².